The number of nitrogens with one attached hydrogen (secondary N) is 1. The molecular weight excluding hydrogens is 415 g/mol. The fourth-order valence-corrected chi connectivity index (χ4v) is 4.73. The zero-order valence-electron chi connectivity index (χ0n) is 18.4. The topological polar surface area (TPSA) is 109 Å². The second-order valence-electron chi connectivity index (χ2n) is 8.31. The minimum Gasteiger partial charge on any atom is -0.503 e. The maximum Gasteiger partial charge on any atom is 0.229 e. The third-order valence-electron chi connectivity index (χ3n) is 6.43. The Bertz CT molecular complexity index is 923. The summed E-state index contributed by atoms with van der Waals surface area (Å²) >= 11 is 0. The SMILES string of the molecule is COc1c(Nc2ncc(O)c(N)n2)ccc2c1CCCC(N1CCN(CCOF)CC1)C2. The lowest BCUT2D eigenvalue weighted by molar-refractivity contribution is -0.137. The van der Waals surface area contributed by atoms with Crippen molar-refractivity contribution in [2.24, 2.45) is 0 Å². The van der Waals surface area contributed by atoms with Gasteiger partial charge in [-0.25, -0.2) is 4.98 Å². The molecule has 1 aliphatic carbocycles. The normalized spacial score (nSPS) is 19.9. The standard InChI is InChI=1S/C22H31FN6O3/c1-31-20-17-4-2-3-16(29-9-7-28(8-10-29)11-12-32-23)13-15(17)5-6-18(20)26-22-25-14-19(30)21(24)27-22/h5-6,14,16,30H,2-4,7-13H2,1H3,(H3,24,25,26,27). The number of rotatable bonds is 7. The van der Waals surface area contributed by atoms with Crippen LogP contribution < -0.4 is 15.8 Å². The van der Waals surface area contributed by atoms with Crippen molar-refractivity contribution in [3.05, 3.63) is 29.5 Å². The summed E-state index contributed by atoms with van der Waals surface area (Å²) in [5.74, 6) is 0.985. The van der Waals surface area contributed by atoms with Gasteiger partial charge in [-0.15, -0.1) is 0 Å². The lowest BCUT2D eigenvalue weighted by Crippen LogP contribution is -2.51. The van der Waals surface area contributed by atoms with Gasteiger partial charge in [-0.2, -0.15) is 9.93 Å². The number of nitrogens with two attached hydrogens (primary N) is 1. The van der Waals surface area contributed by atoms with Crippen LogP contribution in [0.15, 0.2) is 18.3 Å². The Balaban J connectivity index is 1.47. The first-order valence-electron chi connectivity index (χ1n) is 11.1. The summed E-state index contributed by atoms with van der Waals surface area (Å²) in [6.45, 7) is 4.63. The quantitative estimate of drug-likeness (QED) is 0.552. The van der Waals surface area contributed by atoms with Crippen molar-refractivity contribution in [1.29, 1.82) is 0 Å². The molecule has 10 heteroatoms. The van der Waals surface area contributed by atoms with E-state index in [1.807, 2.05) is 6.07 Å². The van der Waals surface area contributed by atoms with Crippen LogP contribution >= 0.6 is 0 Å². The number of piperazine rings is 1. The number of ether oxygens (including phenoxy) is 1. The second kappa shape index (κ2) is 10.3. The molecule has 0 bridgehead atoms. The Morgan fingerprint density at radius 2 is 2.09 bits per heavy atom. The number of halogens is 1. The summed E-state index contributed by atoms with van der Waals surface area (Å²) in [7, 11) is 1.68. The van der Waals surface area contributed by atoms with Crippen molar-refractivity contribution >= 4 is 17.5 Å². The highest BCUT2D eigenvalue weighted by Gasteiger charge is 2.28. The molecule has 1 aromatic heterocycles. The minimum atomic E-state index is -0.146. The Labute approximate surface area is 187 Å². The molecule has 2 aromatic rings. The van der Waals surface area contributed by atoms with Gasteiger partial charge in [0.25, 0.3) is 0 Å². The van der Waals surface area contributed by atoms with E-state index in [9.17, 15) is 9.63 Å². The van der Waals surface area contributed by atoms with Gasteiger partial charge in [-0.1, -0.05) is 6.07 Å². The van der Waals surface area contributed by atoms with Crippen molar-refractivity contribution < 1.29 is 19.3 Å². The number of hydrogen-bond acceptors (Lipinski definition) is 9. The number of fused-ring (bicyclic) bond motifs is 1. The van der Waals surface area contributed by atoms with E-state index in [2.05, 4.69) is 36.1 Å². The van der Waals surface area contributed by atoms with Gasteiger partial charge in [0.15, 0.2) is 11.6 Å². The number of nitrogen functional groups attached to an aromatic ring is 1. The number of aromatic nitrogens is 2. The van der Waals surface area contributed by atoms with E-state index >= 15 is 0 Å². The predicted octanol–water partition coefficient (Wildman–Crippen LogP) is 2.28. The Kier molecular flexibility index (Phi) is 7.23. The number of aromatic hydroxyl groups is 1. The average molecular weight is 447 g/mol. The highest BCUT2D eigenvalue weighted by Crippen LogP contribution is 2.37. The maximum absolute atomic E-state index is 12.0. The largest absolute Gasteiger partial charge is 0.503 e. The summed E-state index contributed by atoms with van der Waals surface area (Å²) in [5, 5.41) is 12.7. The van der Waals surface area contributed by atoms with E-state index < -0.39 is 0 Å². The van der Waals surface area contributed by atoms with Gasteiger partial charge in [0.1, 0.15) is 12.4 Å². The second-order valence-corrected chi connectivity index (χ2v) is 8.31. The molecule has 2 heterocycles. The van der Waals surface area contributed by atoms with E-state index in [0.717, 1.165) is 63.3 Å². The number of anilines is 3. The van der Waals surface area contributed by atoms with E-state index in [1.165, 1.54) is 17.3 Å². The molecule has 1 fully saturated rings. The molecule has 0 amide bonds. The van der Waals surface area contributed by atoms with Crippen LogP contribution in [0.4, 0.5) is 22.0 Å². The molecule has 1 atom stereocenters. The fraction of sp³-hybridized carbons (Fsp3) is 0.545. The van der Waals surface area contributed by atoms with E-state index in [1.54, 1.807) is 7.11 Å². The molecular formula is C22H31FN6O3. The van der Waals surface area contributed by atoms with E-state index in [4.69, 9.17) is 10.5 Å². The third-order valence-corrected chi connectivity index (χ3v) is 6.43. The first kappa shape index (κ1) is 22.5. The summed E-state index contributed by atoms with van der Waals surface area (Å²) in [4.78, 5) is 16.7. The Hall–Kier alpha value is -2.69. The van der Waals surface area contributed by atoms with Crippen molar-refractivity contribution in [3.63, 3.8) is 0 Å². The van der Waals surface area contributed by atoms with Crippen molar-refractivity contribution in [3.8, 4) is 11.5 Å². The van der Waals surface area contributed by atoms with Crippen LogP contribution in [0.3, 0.4) is 0 Å². The van der Waals surface area contributed by atoms with Crippen LogP contribution in [0.5, 0.6) is 11.5 Å². The zero-order chi connectivity index (χ0) is 22.5. The number of methoxy groups -OCH3 is 1. The van der Waals surface area contributed by atoms with Gasteiger partial charge in [-0.05, 0) is 47.4 Å². The molecule has 1 saturated heterocycles. The molecule has 174 valence electrons. The predicted molar refractivity (Wildman–Crippen MR) is 120 cm³/mol. The molecule has 1 aromatic carbocycles. The molecule has 32 heavy (non-hydrogen) atoms. The van der Waals surface area contributed by atoms with E-state index in [-0.39, 0.29) is 18.2 Å². The van der Waals surface area contributed by atoms with Crippen LogP contribution in [0.25, 0.3) is 0 Å². The van der Waals surface area contributed by atoms with Crippen LogP contribution in [-0.2, 0) is 17.8 Å². The lowest BCUT2D eigenvalue weighted by Gasteiger charge is -2.39. The summed E-state index contributed by atoms with van der Waals surface area (Å²) in [6.07, 6.45) is 5.40. The van der Waals surface area contributed by atoms with Crippen LogP contribution in [0.1, 0.15) is 24.0 Å². The molecule has 1 unspecified atom stereocenters. The summed E-state index contributed by atoms with van der Waals surface area (Å²) in [5.41, 5.74) is 8.98. The number of hydrogen-bond donors (Lipinski definition) is 3. The van der Waals surface area contributed by atoms with Crippen molar-refractivity contribution in [2.75, 3.05) is 57.5 Å². The molecule has 1 aliphatic heterocycles. The van der Waals surface area contributed by atoms with Crippen molar-refractivity contribution in [2.45, 2.75) is 31.7 Å². The molecule has 2 aliphatic rings. The summed E-state index contributed by atoms with van der Waals surface area (Å²) < 4.78 is 17.8. The monoisotopic (exact) mass is 446 g/mol. The summed E-state index contributed by atoms with van der Waals surface area (Å²) in [6, 6.07) is 4.62. The van der Waals surface area contributed by atoms with Gasteiger partial charge in [0.2, 0.25) is 5.95 Å². The molecule has 0 spiro atoms. The van der Waals surface area contributed by atoms with Crippen molar-refractivity contribution in [1.82, 2.24) is 19.8 Å². The zero-order valence-corrected chi connectivity index (χ0v) is 18.4. The molecule has 4 rings (SSSR count). The molecule has 0 saturated carbocycles. The van der Waals surface area contributed by atoms with Gasteiger partial charge in [0.05, 0.1) is 19.0 Å². The van der Waals surface area contributed by atoms with Gasteiger partial charge >= 0.3 is 0 Å². The van der Waals surface area contributed by atoms with Crippen LogP contribution in [0.2, 0.25) is 0 Å². The lowest BCUT2D eigenvalue weighted by atomic mass is 9.98. The Morgan fingerprint density at radius 3 is 2.81 bits per heavy atom. The maximum atomic E-state index is 12.0. The van der Waals surface area contributed by atoms with Crippen LogP contribution in [0, 0.1) is 0 Å². The number of benzene rings is 1. The van der Waals surface area contributed by atoms with Gasteiger partial charge in [-0.3, -0.25) is 9.80 Å². The van der Waals surface area contributed by atoms with Gasteiger partial charge < -0.3 is 20.9 Å². The first-order valence-corrected chi connectivity index (χ1v) is 11.1. The molecule has 9 nitrogen and oxygen atoms in total. The Morgan fingerprint density at radius 1 is 1.28 bits per heavy atom. The van der Waals surface area contributed by atoms with Gasteiger partial charge in [0, 0.05) is 38.8 Å². The number of nitrogens with zero attached hydrogens (tertiary/aromatic N) is 4. The average Bonchev–Trinajstić information content (AvgIpc) is 3.03. The van der Waals surface area contributed by atoms with E-state index in [0.29, 0.717) is 18.5 Å². The first-order chi connectivity index (χ1) is 15.6. The smallest absolute Gasteiger partial charge is 0.229 e. The molecule has 0 radical (unpaired) electrons. The highest BCUT2D eigenvalue weighted by atomic mass is 19.3. The minimum absolute atomic E-state index is 0.0244. The highest BCUT2D eigenvalue weighted by molar-refractivity contribution is 5.67. The fourth-order valence-electron chi connectivity index (χ4n) is 4.73. The molecule has 4 N–H and O–H groups in total. The third kappa shape index (κ3) is 5.03. The van der Waals surface area contributed by atoms with Crippen LogP contribution in [-0.4, -0.2) is 77.4 Å².